The molecule has 40 heavy (non-hydrogen) atoms. The minimum Gasteiger partial charge on any atom is -1.00 e. The van der Waals surface area contributed by atoms with Crippen LogP contribution in [-0.4, -0.2) is 12.5 Å². The minimum absolute atomic E-state index is 0. The molecule has 0 unspecified atom stereocenters. The molecule has 0 bridgehead atoms. The Morgan fingerprint density at radius 1 is 0.900 bits per heavy atom. The number of thiazole rings is 1. The van der Waals surface area contributed by atoms with E-state index < -0.39 is 0 Å². The molecule has 0 saturated carbocycles. The molecule has 1 aromatic heterocycles. The van der Waals surface area contributed by atoms with Gasteiger partial charge < -0.3 is 22.5 Å². The lowest BCUT2D eigenvalue weighted by Crippen LogP contribution is -3.00. The van der Waals surface area contributed by atoms with Gasteiger partial charge in [0.1, 0.15) is 12.3 Å². The second-order valence-electron chi connectivity index (χ2n) is 10.3. The first-order valence-corrected chi connectivity index (χ1v) is 16.1. The summed E-state index contributed by atoms with van der Waals surface area (Å²) in [6.45, 7) is 5.97. The molecule has 1 N–H and O–H groups in total. The van der Waals surface area contributed by atoms with Gasteiger partial charge in [-0.1, -0.05) is 113 Å². The zero-order valence-corrected chi connectivity index (χ0v) is 26.6. The molecule has 1 amide bonds. The number of hydrogen-bond donors (Lipinski definition) is 1. The fraction of sp³-hybridized carbons (Fsp3) is 0.515. The van der Waals surface area contributed by atoms with Gasteiger partial charge in [-0.2, -0.15) is 4.57 Å². The van der Waals surface area contributed by atoms with Gasteiger partial charge in [-0.05, 0) is 49.2 Å². The topological polar surface area (TPSA) is 42.2 Å². The van der Waals surface area contributed by atoms with Crippen LogP contribution >= 0.6 is 22.9 Å². The van der Waals surface area contributed by atoms with Crippen molar-refractivity contribution in [3.63, 3.8) is 0 Å². The quantitative estimate of drug-likeness (QED) is 0.123. The molecule has 3 aromatic rings. The number of anilines is 1. The van der Waals surface area contributed by atoms with Gasteiger partial charge in [0.05, 0.1) is 29.0 Å². The minimum atomic E-state index is -0.0593. The number of hydrogen-bond acceptors (Lipinski definition) is 3. The summed E-state index contributed by atoms with van der Waals surface area (Å²) < 4.78 is 8.19. The van der Waals surface area contributed by atoms with Gasteiger partial charge in [0.25, 0.3) is 5.01 Å². The maximum absolute atomic E-state index is 12.8. The summed E-state index contributed by atoms with van der Waals surface area (Å²) >= 11 is 8.08. The summed E-state index contributed by atoms with van der Waals surface area (Å²) in [7, 11) is 0. The van der Waals surface area contributed by atoms with E-state index in [-0.39, 0.29) is 24.7 Å². The number of carbonyl (C=O) groups is 1. The number of amides is 1. The summed E-state index contributed by atoms with van der Waals surface area (Å²) in [4.78, 5) is 12.8. The van der Waals surface area contributed by atoms with E-state index in [0.29, 0.717) is 17.4 Å². The summed E-state index contributed by atoms with van der Waals surface area (Å²) in [6, 6.07) is 13.6. The molecular formula is C33H46Cl2N2O2S. The third kappa shape index (κ3) is 12.2. The Kier molecular flexibility index (Phi) is 17.0. The largest absolute Gasteiger partial charge is 1.00 e. The average Bonchev–Trinajstić information content (AvgIpc) is 3.42. The van der Waals surface area contributed by atoms with Crippen molar-refractivity contribution in [2.45, 2.75) is 104 Å². The Morgan fingerprint density at radius 2 is 1.57 bits per heavy atom. The fourth-order valence-electron chi connectivity index (χ4n) is 4.80. The first kappa shape index (κ1) is 34.1. The van der Waals surface area contributed by atoms with Crippen molar-refractivity contribution in [2.75, 3.05) is 11.9 Å². The lowest BCUT2D eigenvalue weighted by molar-refractivity contribution is -0.678. The van der Waals surface area contributed by atoms with Crippen LogP contribution < -0.4 is 27.0 Å². The molecule has 0 saturated heterocycles. The van der Waals surface area contributed by atoms with Gasteiger partial charge in [-0.25, -0.2) is 0 Å². The van der Waals surface area contributed by atoms with Crippen LogP contribution in [0.1, 0.15) is 96.5 Å². The van der Waals surface area contributed by atoms with Gasteiger partial charge in [0.2, 0.25) is 5.91 Å². The van der Waals surface area contributed by atoms with Crippen LogP contribution in [0.2, 0.25) is 5.02 Å². The molecule has 7 heteroatoms. The maximum atomic E-state index is 12.8. The zero-order valence-electron chi connectivity index (χ0n) is 24.2. The summed E-state index contributed by atoms with van der Waals surface area (Å²) in [6.07, 6.45) is 18.2. The van der Waals surface area contributed by atoms with Crippen molar-refractivity contribution in [1.29, 1.82) is 0 Å². The average molecular weight is 606 g/mol. The first-order chi connectivity index (χ1) is 19.1. The fourth-order valence-corrected chi connectivity index (χ4v) is 5.90. The number of rotatable bonds is 19. The van der Waals surface area contributed by atoms with E-state index in [9.17, 15) is 4.79 Å². The van der Waals surface area contributed by atoms with Crippen molar-refractivity contribution >= 4 is 34.5 Å². The van der Waals surface area contributed by atoms with Crippen LogP contribution in [0.15, 0.2) is 54.0 Å². The Balaban J connectivity index is 0.00000560. The first-order valence-electron chi connectivity index (χ1n) is 14.9. The molecule has 0 aliphatic rings. The van der Waals surface area contributed by atoms with E-state index >= 15 is 0 Å². The SMILES string of the molecule is CCCCCCCCCCCCCCOc1cc(CC(=O)Nc2cccc(-c3scc[n+]3CC)c2)ccc1Cl.[Cl-]. The number of nitrogens with one attached hydrogen (secondary N) is 1. The third-order valence-electron chi connectivity index (χ3n) is 7.03. The van der Waals surface area contributed by atoms with Gasteiger partial charge in [-0.15, -0.1) is 0 Å². The van der Waals surface area contributed by atoms with Crippen molar-refractivity contribution in [2.24, 2.45) is 0 Å². The lowest BCUT2D eigenvalue weighted by Gasteiger charge is -2.11. The molecule has 0 radical (unpaired) electrons. The molecule has 0 fully saturated rings. The number of unbranched alkanes of at least 4 members (excludes halogenated alkanes) is 11. The van der Waals surface area contributed by atoms with Gasteiger partial charge in [0.15, 0.2) is 6.20 Å². The molecular weight excluding hydrogens is 559 g/mol. The van der Waals surface area contributed by atoms with E-state index in [1.54, 1.807) is 11.3 Å². The van der Waals surface area contributed by atoms with E-state index in [0.717, 1.165) is 29.8 Å². The predicted molar refractivity (Wildman–Crippen MR) is 166 cm³/mol. The highest BCUT2D eigenvalue weighted by Gasteiger charge is 2.14. The van der Waals surface area contributed by atoms with E-state index in [1.807, 2.05) is 36.4 Å². The standard InChI is InChI=1S/C33H45ClN2O2S.ClH/c1-3-5-6-7-8-9-10-11-12-13-14-15-22-38-31-24-27(19-20-30(31)34)25-32(37)35-29-18-16-17-28(26-29)33-36(4-2)21-23-39-33;/h16-21,23-24,26H,3-15,22,25H2,1-2H3;1H. The number of benzene rings is 2. The molecule has 1 heterocycles. The van der Waals surface area contributed by atoms with Gasteiger partial charge >= 0.3 is 0 Å². The predicted octanol–water partition coefficient (Wildman–Crippen LogP) is 6.64. The van der Waals surface area contributed by atoms with Crippen LogP contribution in [0, 0.1) is 0 Å². The second kappa shape index (κ2) is 19.9. The Morgan fingerprint density at radius 3 is 2.25 bits per heavy atom. The highest BCUT2D eigenvalue weighted by Crippen LogP contribution is 2.27. The smallest absolute Gasteiger partial charge is 0.269 e. The number of aromatic nitrogens is 1. The Bertz CT molecular complexity index is 1140. The van der Waals surface area contributed by atoms with Gasteiger partial charge in [-0.3, -0.25) is 4.79 Å². The molecule has 0 aliphatic heterocycles. The monoisotopic (exact) mass is 604 g/mol. The summed E-state index contributed by atoms with van der Waals surface area (Å²) in [5, 5.41) is 6.90. The lowest BCUT2D eigenvalue weighted by atomic mass is 10.1. The Hall–Kier alpha value is -2.08. The van der Waals surface area contributed by atoms with E-state index in [2.05, 4.69) is 41.4 Å². The van der Waals surface area contributed by atoms with Crippen LogP contribution in [0.4, 0.5) is 5.69 Å². The van der Waals surface area contributed by atoms with E-state index in [1.165, 1.54) is 75.6 Å². The second-order valence-corrected chi connectivity index (χ2v) is 11.6. The summed E-state index contributed by atoms with van der Waals surface area (Å²) in [5.41, 5.74) is 2.79. The molecule has 0 spiro atoms. The number of aryl methyl sites for hydroxylation is 1. The van der Waals surface area contributed by atoms with Crippen LogP contribution in [0.5, 0.6) is 5.75 Å². The maximum Gasteiger partial charge on any atom is 0.269 e. The Labute approximate surface area is 256 Å². The zero-order chi connectivity index (χ0) is 27.7. The van der Waals surface area contributed by atoms with Crippen LogP contribution in [0.3, 0.4) is 0 Å². The molecule has 0 atom stereocenters. The normalized spacial score (nSPS) is 10.8. The summed E-state index contributed by atoms with van der Waals surface area (Å²) in [5.74, 6) is 0.602. The number of carbonyl (C=O) groups excluding carboxylic acids is 1. The van der Waals surface area contributed by atoms with Crippen molar-refractivity contribution in [3.05, 3.63) is 64.6 Å². The molecule has 3 rings (SSSR count). The molecule has 4 nitrogen and oxygen atoms in total. The van der Waals surface area contributed by atoms with Crippen molar-refractivity contribution in [1.82, 2.24) is 0 Å². The van der Waals surface area contributed by atoms with Crippen LogP contribution in [0.25, 0.3) is 10.6 Å². The molecule has 2 aromatic carbocycles. The highest BCUT2D eigenvalue weighted by molar-refractivity contribution is 7.12. The highest BCUT2D eigenvalue weighted by atomic mass is 35.5. The third-order valence-corrected chi connectivity index (χ3v) is 8.29. The van der Waals surface area contributed by atoms with Gasteiger partial charge in [0, 0.05) is 5.69 Å². The molecule has 0 aliphatic carbocycles. The van der Waals surface area contributed by atoms with Crippen molar-refractivity contribution in [3.8, 4) is 16.3 Å². The van der Waals surface area contributed by atoms with Crippen LogP contribution in [-0.2, 0) is 17.8 Å². The van der Waals surface area contributed by atoms with Crippen molar-refractivity contribution < 1.29 is 26.5 Å². The number of halogens is 2. The van der Waals surface area contributed by atoms with E-state index in [4.69, 9.17) is 16.3 Å². The number of nitrogens with zero attached hydrogens (tertiary/aromatic N) is 1. The molecule has 220 valence electrons. The number of ether oxygens (including phenoxy) is 1.